The third-order valence-corrected chi connectivity index (χ3v) is 11.7. The maximum Gasteiger partial charge on any atom is 0.159 e. The summed E-state index contributed by atoms with van der Waals surface area (Å²) in [6.07, 6.45) is -0.300. The smallest absolute Gasteiger partial charge is 0.159 e. The Hall–Kier alpha value is -8.09. The van der Waals surface area contributed by atoms with Crippen LogP contribution >= 0.6 is 0 Å². The molecule has 6 nitrogen and oxygen atoms in total. The molecular weight excluding hydrogens is 733 g/mol. The third-order valence-electron chi connectivity index (χ3n) is 11.7. The number of amidine groups is 2. The number of benzene rings is 9. The first-order valence-corrected chi connectivity index (χ1v) is 20.3. The van der Waals surface area contributed by atoms with Crippen LogP contribution in [0.4, 0.5) is 0 Å². The Kier molecular flexibility index (Phi) is 7.81. The molecule has 0 bridgehead atoms. The van der Waals surface area contributed by atoms with Crippen LogP contribution < -0.4 is 5.32 Å². The molecule has 1 atom stereocenters. The molecule has 0 spiro atoms. The van der Waals surface area contributed by atoms with Crippen LogP contribution in [0.15, 0.2) is 216 Å². The summed E-state index contributed by atoms with van der Waals surface area (Å²) in [6, 6.07) is 72.6. The minimum Gasteiger partial charge on any atom is -0.344 e. The van der Waals surface area contributed by atoms with Crippen molar-refractivity contribution in [3.8, 4) is 22.8 Å². The molecule has 1 N–H and O–H groups in total. The van der Waals surface area contributed by atoms with Crippen molar-refractivity contribution in [1.82, 2.24) is 19.4 Å². The molecular formula is C54H36N6. The summed E-state index contributed by atoms with van der Waals surface area (Å²) in [6.45, 7) is 0. The zero-order valence-corrected chi connectivity index (χ0v) is 32.4. The summed E-state index contributed by atoms with van der Waals surface area (Å²) in [7, 11) is 0. The predicted octanol–water partition coefficient (Wildman–Crippen LogP) is 12.6. The fourth-order valence-corrected chi connectivity index (χ4v) is 9.11. The van der Waals surface area contributed by atoms with Gasteiger partial charge in [0.15, 0.2) is 5.84 Å². The minimum absolute atomic E-state index is 0.300. The van der Waals surface area contributed by atoms with E-state index in [-0.39, 0.29) is 6.17 Å². The Bertz CT molecular complexity index is 3490. The molecule has 60 heavy (non-hydrogen) atoms. The molecule has 0 saturated heterocycles. The zero-order valence-electron chi connectivity index (χ0n) is 32.4. The topological polar surface area (TPSA) is 59.5 Å². The quantitative estimate of drug-likeness (QED) is 0.171. The molecule has 0 radical (unpaired) electrons. The monoisotopic (exact) mass is 768 g/mol. The van der Waals surface area contributed by atoms with E-state index in [1.807, 2.05) is 24.3 Å². The van der Waals surface area contributed by atoms with E-state index < -0.39 is 0 Å². The lowest BCUT2D eigenvalue weighted by Gasteiger charge is -2.24. The molecule has 12 rings (SSSR count). The highest BCUT2D eigenvalue weighted by Crippen LogP contribution is 2.46. The molecule has 6 heteroatoms. The summed E-state index contributed by atoms with van der Waals surface area (Å²) in [4.78, 5) is 15.7. The summed E-state index contributed by atoms with van der Waals surface area (Å²) < 4.78 is 4.81. The number of fused-ring (bicyclic) bond motifs is 10. The number of para-hydroxylation sites is 1. The van der Waals surface area contributed by atoms with Crippen molar-refractivity contribution in [1.29, 1.82) is 0 Å². The van der Waals surface area contributed by atoms with Gasteiger partial charge in [-0.3, -0.25) is 4.57 Å². The molecule has 0 fully saturated rings. The second kappa shape index (κ2) is 13.8. The second-order valence-corrected chi connectivity index (χ2v) is 15.2. The Balaban J connectivity index is 1.17. The molecule has 1 aliphatic rings. The van der Waals surface area contributed by atoms with Gasteiger partial charge in [0.25, 0.3) is 0 Å². The maximum absolute atomic E-state index is 5.40. The van der Waals surface area contributed by atoms with Gasteiger partial charge in [0, 0.05) is 44.2 Å². The number of nitrogens with zero attached hydrogens (tertiary/aromatic N) is 5. The lowest BCUT2D eigenvalue weighted by atomic mass is 9.96. The first-order chi connectivity index (χ1) is 29.8. The SMILES string of the molecule is c1ccc(C2=NC(c3ccccc3)NC(c3cccc(-n4c5ccc6nc(-c7ccccc7)n(-c7ccccc7)c6c5c5c6ccccc6c6ccccc6c54)c3)=N2)cc1. The van der Waals surface area contributed by atoms with Crippen LogP contribution in [0.3, 0.4) is 0 Å². The van der Waals surface area contributed by atoms with Gasteiger partial charge in [0.2, 0.25) is 0 Å². The largest absolute Gasteiger partial charge is 0.344 e. The molecule has 0 saturated carbocycles. The van der Waals surface area contributed by atoms with Crippen LogP contribution in [-0.4, -0.2) is 25.8 Å². The van der Waals surface area contributed by atoms with Crippen LogP contribution in [0.2, 0.25) is 0 Å². The van der Waals surface area contributed by atoms with Crippen LogP contribution in [0.25, 0.3) is 77.1 Å². The lowest BCUT2D eigenvalue weighted by Crippen LogP contribution is -2.33. The van der Waals surface area contributed by atoms with Crippen molar-refractivity contribution in [2.24, 2.45) is 9.98 Å². The fraction of sp³-hybridized carbons (Fsp3) is 0.0185. The number of hydrogen-bond donors (Lipinski definition) is 1. The number of nitrogens with one attached hydrogen (secondary N) is 1. The molecule has 282 valence electrons. The van der Waals surface area contributed by atoms with Gasteiger partial charge in [0.1, 0.15) is 17.8 Å². The second-order valence-electron chi connectivity index (χ2n) is 15.2. The van der Waals surface area contributed by atoms with Crippen molar-refractivity contribution in [2.75, 3.05) is 0 Å². The number of imidazole rings is 1. The Morgan fingerprint density at radius 3 is 1.75 bits per heavy atom. The Labute approximate surface area is 346 Å². The van der Waals surface area contributed by atoms with Crippen LogP contribution in [0.5, 0.6) is 0 Å². The maximum atomic E-state index is 5.40. The third kappa shape index (κ3) is 5.38. The highest BCUT2D eigenvalue weighted by Gasteiger charge is 2.26. The number of rotatable bonds is 6. The summed E-state index contributed by atoms with van der Waals surface area (Å²) >= 11 is 0. The van der Waals surface area contributed by atoms with Gasteiger partial charge in [-0.25, -0.2) is 15.0 Å². The van der Waals surface area contributed by atoms with Gasteiger partial charge in [0.05, 0.1) is 22.1 Å². The standard InChI is InChI=1S/C54H36N6/c1-5-18-35(19-6-1)51-56-52(36-20-7-2-8-21-36)58-53(57-51)38-24-17-27-40(34-38)59-46-33-32-45-50(60(39-25-11-4-12-26-39)54(55-45)37-22-9-3-10-23-37)48(46)47-43-30-15-13-28-41(43)42-29-14-16-31-44(42)49(47)59/h1-34,51H,(H,56,57,58). The van der Waals surface area contributed by atoms with Gasteiger partial charge in [-0.15, -0.1) is 0 Å². The van der Waals surface area contributed by atoms with Crippen molar-refractivity contribution >= 4 is 66.1 Å². The Morgan fingerprint density at radius 2 is 1.02 bits per heavy atom. The van der Waals surface area contributed by atoms with Crippen molar-refractivity contribution in [2.45, 2.75) is 6.17 Å². The van der Waals surface area contributed by atoms with Gasteiger partial charge in [-0.05, 0) is 58.1 Å². The average molecular weight is 769 g/mol. The molecule has 3 heterocycles. The van der Waals surface area contributed by atoms with Gasteiger partial charge >= 0.3 is 0 Å². The van der Waals surface area contributed by atoms with E-state index in [9.17, 15) is 0 Å². The van der Waals surface area contributed by atoms with Gasteiger partial charge in [-0.2, -0.15) is 0 Å². The van der Waals surface area contributed by atoms with E-state index in [0.717, 1.165) is 72.7 Å². The molecule has 9 aromatic carbocycles. The molecule has 11 aromatic rings. The molecule has 0 aliphatic carbocycles. The first-order valence-electron chi connectivity index (χ1n) is 20.3. The molecule has 1 unspecified atom stereocenters. The normalized spacial score (nSPS) is 14.2. The molecule has 2 aromatic heterocycles. The fourth-order valence-electron chi connectivity index (χ4n) is 9.11. The van der Waals surface area contributed by atoms with Gasteiger partial charge < -0.3 is 9.88 Å². The van der Waals surface area contributed by atoms with Crippen LogP contribution in [0.1, 0.15) is 22.9 Å². The number of aromatic nitrogens is 3. The predicted molar refractivity (Wildman–Crippen MR) is 248 cm³/mol. The lowest BCUT2D eigenvalue weighted by molar-refractivity contribution is 0.674. The average Bonchev–Trinajstić information content (AvgIpc) is 3.90. The van der Waals surface area contributed by atoms with E-state index in [1.165, 1.54) is 26.9 Å². The van der Waals surface area contributed by atoms with Crippen LogP contribution in [-0.2, 0) is 0 Å². The molecule has 1 aliphatic heterocycles. The molecule has 0 amide bonds. The zero-order chi connectivity index (χ0) is 39.6. The van der Waals surface area contributed by atoms with E-state index in [2.05, 4.69) is 196 Å². The van der Waals surface area contributed by atoms with E-state index in [4.69, 9.17) is 15.0 Å². The number of aliphatic imine (C=N–C) groups is 2. The van der Waals surface area contributed by atoms with E-state index >= 15 is 0 Å². The highest BCUT2D eigenvalue weighted by atomic mass is 15.2. The number of hydrogen-bond acceptors (Lipinski definition) is 4. The van der Waals surface area contributed by atoms with E-state index in [0.29, 0.717) is 5.84 Å². The summed E-state index contributed by atoms with van der Waals surface area (Å²) in [5, 5.41) is 10.9. The van der Waals surface area contributed by atoms with Crippen molar-refractivity contribution in [3.05, 3.63) is 223 Å². The first kappa shape index (κ1) is 34.0. The van der Waals surface area contributed by atoms with Crippen LogP contribution in [0, 0.1) is 0 Å². The summed E-state index contributed by atoms with van der Waals surface area (Å²) in [5.41, 5.74) is 10.4. The minimum atomic E-state index is -0.300. The highest BCUT2D eigenvalue weighted by molar-refractivity contribution is 6.35. The van der Waals surface area contributed by atoms with Gasteiger partial charge in [-0.1, -0.05) is 170 Å². The summed E-state index contributed by atoms with van der Waals surface area (Å²) in [5.74, 6) is 2.37. The Morgan fingerprint density at radius 1 is 0.433 bits per heavy atom. The van der Waals surface area contributed by atoms with Crippen molar-refractivity contribution < 1.29 is 0 Å². The van der Waals surface area contributed by atoms with E-state index in [1.54, 1.807) is 0 Å². The van der Waals surface area contributed by atoms with Crippen molar-refractivity contribution in [3.63, 3.8) is 0 Å².